The molecule has 0 aromatic carbocycles. The third-order valence-electron chi connectivity index (χ3n) is 2.74. The van der Waals surface area contributed by atoms with E-state index in [9.17, 15) is 14.6 Å². The molecule has 0 aromatic heterocycles. The van der Waals surface area contributed by atoms with E-state index in [-0.39, 0.29) is 5.31 Å². The molecule has 2 unspecified atom stereocenters. The molecule has 94 valence electrons. The van der Waals surface area contributed by atoms with Gasteiger partial charge in [0.2, 0.25) is 0 Å². The molecule has 0 spiro atoms. The first kappa shape index (κ1) is 13.9. The van der Waals surface area contributed by atoms with Gasteiger partial charge in [-0.2, -0.15) is 0 Å². The monoisotopic (exact) mass is 248 g/mol. The van der Waals surface area contributed by atoms with E-state index in [0.717, 1.165) is 0 Å². The smallest absolute Gasteiger partial charge is 0.357 e. The second-order valence-electron chi connectivity index (χ2n) is 6.34. The standard InChI is InChI=1S/C11H21O4P/c1-9(2,3)8-7-11(12,10(4,5)6)15-16(8,13)14/h7,12H,1-6H3,(H,13,14). The molecule has 0 saturated carbocycles. The van der Waals surface area contributed by atoms with Crippen molar-refractivity contribution < 1.29 is 19.1 Å². The number of allylic oxidation sites excluding steroid dienone is 1. The molecule has 1 aliphatic heterocycles. The zero-order chi connectivity index (χ0) is 13.0. The maximum Gasteiger partial charge on any atom is 0.357 e. The second-order valence-corrected chi connectivity index (χ2v) is 8.04. The van der Waals surface area contributed by atoms with Crippen LogP contribution in [0.15, 0.2) is 11.4 Å². The predicted octanol–water partition coefficient (Wildman–Crippen LogP) is 2.87. The molecule has 0 aromatic rings. The lowest BCUT2D eigenvalue weighted by Gasteiger charge is -2.34. The molecule has 0 aliphatic carbocycles. The van der Waals surface area contributed by atoms with Gasteiger partial charge in [0, 0.05) is 10.7 Å². The van der Waals surface area contributed by atoms with E-state index >= 15 is 0 Å². The molecule has 0 fully saturated rings. The van der Waals surface area contributed by atoms with Gasteiger partial charge in [0.25, 0.3) is 0 Å². The van der Waals surface area contributed by atoms with Crippen LogP contribution in [0.3, 0.4) is 0 Å². The molecule has 0 saturated heterocycles. The maximum absolute atomic E-state index is 12.0. The van der Waals surface area contributed by atoms with Gasteiger partial charge in [-0.1, -0.05) is 41.5 Å². The third-order valence-corrected chi connectivity index (χ3v) is 4.68. The molecule has 4 nitrogen and oxygen atoms in total. The number of aliphatic hydroxyl groups is 1. The second kappa shape index (κ2) is 3.42. The van der Waals surface area contributed by atoms with Gasteiger partial charge in [-0.25, -0.2) is 0 Å². The Morgan fingerprint density at radius 2 is 1.69 bits per heavy atom. The quantitative estimate of drug-likeness (QED) is 0.647. The van der Waals surface area contributed by atoms with Gasteiger partial charge < -0.3 is 10.00 Å². The van der Waals surface area contributed by atoms with Crippen molar-refractivity contribution >= 4 is 7.60 Å². The summed E-state index contributed by atoms with van der Waals surface area (Å²) in [6.45, 7) is 10.7. The fourth-order valence-corrected chi connectivity index (χ4v) is 3.51. The Hall–Kier alpha value is -0.150. The van der Waals surface area contributed by atoms with Gasteiger partial charge in [-0.3, -0.25) is 9.09 Å². The molecule has 0 bridgehead atoms. The minimum absolute atomic E-state index is 0.275. The Morgan fingerprint density at radius 3 is 1.88 bits per heavy atom. The van der Waals surface area contributed by atoms with Crippen LogP contribution < -0.4 is 0 Å². The van der Waals surface area contributed by atoms with Crippen LogP contribution in [0, 0.1) is 10.8 Å². The molecule has 2 N–H and O–H groups in total. The first-order valence-electron chi connectivity index (χ1n) is 5.29. The summed E-state index contributed by atoms with van der Waals surface area (Å²) >= 11 is 0. The maximum atomic E-state index is 12.0. The van der Waals surface area contributed by atoms with Gasteiger partial charge >= 0.3 is 7.60 Å². The lowest BCUT2D eigenvalue weighted by molar-refractivity contribution is -0.164. The van der Waals surface area contributed by atoms with Gasteiger partial charge in [0.1, 0.15) is 0 Å². The average Bonchev–Trinajstić information content (AvgIpc) is 2.19. The highest BCUT2D eigenvalue weighted by molar-refractivity contribution is 7.57. The Morgan fingerprint density at radius 1 is 1.25 bits per heavy atom. The Labute approximate surface area is 96.9 Å². The van der Waals surface area contributed by atoms with E-state index in [1.807, 2.05) is 20.8 Å². The lowest BCUT2D eigenvalue weighted by atomic mass is 9.83. The van der Waals surface area contributed by atoms with Crippen molar-refractivity contribution in [3.05, 3.63) is 11.4 Å². The van der Waals surface area contributed by atoms with Gasteiger partial charge in [-0.15, -0.1) is 0 Å². The normalized spacial score (nSPS) is 36.4. The number of rotatable bonds is 0. The zero-order valence-electron chi connectivity index (χ0n) is 10.7. The van der Waals surface area contributed by atoms with Crippen LogP contribution in [0.25, 0.3) is 0 Å². The summed E-state index contributed by atoms with van der Waals surface area (Å²) in [7, 11) is -3.88. The topological polar surface area (TPSA) is 66.8 Å². The molecule has 1 rings (SSSR count). The molecular formula is C11H21O4P. The van der Waals surface area contributed by atoms with Crippen molar-refractivity contribution in [2.24, 2.45) is 10.8 Å². The SMILES string of the molecule is CC(C)(C)C1=CC(O)(C(C)(C)C)OP1(=O)O. The van der Waals surface area contributed by atoms with Crippen LogP contribution in [0.4, 0.5) is 0 Å². The minimum atomic E-state index is -3.88. The van der Waals surface area contributed by atoms with Crippen LogP contribution in [-0.4, -0.2) is 15.8 Å². The van der Waals surface area contributed by atoms with Crippen LogP contribution >= 0.6 is 7.60 Å². The van der Waals surface area contributed by atoms with Gasteiger partial charge in [0.05, 0.1) is 0 Å². The van der Waals surface area contributed by atoms with Crippen LogP contribution in [0.5, 0.6) is 0 Å². The number of hydrogen-bond donors (Lipinski definition) is 2. The summed E-state index contributed by atoms with van der Waals surface area (Å²) in [5.41, 5.74) is -1.15. The third kappa shape index (κ3) is 2.25. The highest BCUT2D eigenvalue weighted by Crippen LogP contribution is 2.66. The molecule has 5 heteroatoms. The first-order valence-corrected chi connectivity index (χ1v) is 6.87. The van der Waals surface area contributed by atoms with Crippen molar-refractivity contribution in [1.29, 1.82) is 0 Å². The van der Waals surface area contributed by atoms with E-state index in [2.05, 4.69) is 0 Å². The minimum Gasteiger partial charge on any atom is -0.361 e. The van der Waals surface area contributed by atoms with Crippen LogP contribution in [-0.2, 0) is 9.09 Å². The highest BCUT2D eigenvalue weighted by atomic mass is 31.2. The molecular weight excluding hydrogens is 227 g/mol. The van der Waals surface area contributed by atoms with E-state index < -0.39 is 24.2 Å². The fraction of sp³-hybridized carbons (Fsp3) is 0.818. The van der Waals surface area contributed by atoms with E-state index in [1.165, 1.54) is 6.08 Å². The Bertz CT molecular complexity index is 372. The highest BCUT2D eigenvalue weighted by Gasteiger charge is 2.54. The van der Waals surface area contributed by atoms with Crippen molar-refractivity contribution in [2.45, 2.75) is 47.3 Å². The summed E-state index contributed by atoms with van der Waals surface area (Å²) < 4.78 is 17.0. The number of hydrogen-bond acceptors (Lipinski definition) is 3. The van der Waals surface area contributed by atoms with E-state index in [0.29, 0.717) is 0 Å². The van der Waals surface area contributed by atoms with E-state index in [4.69, 9.17) is 4.52 Å². The van der Waals surface area contributed by atoms with Crippen molar-refractivity contribution in [3.63, 3.8) is 0 Å². The predicted molar refractivity (Wildman–Crippen MR) is 62.9 cm³/mol. The molecule has 1 aliphatic rings. The van der Waals surface area contributed by atoms with Gasteiger partial charge in [-0.05, 0) is 11.5 Å². The lowest BCUT2D eigenvalue weighted by Crippen LogP contribution is -2.40. The van der Waals surface area contributed by atoms with Crippen LogP contribution in [0.2, 0.25) is 0 Å². The van der Waals surface area contributed by atoms with Gasteiger partial charge in [0.15, 0.2) is 5.79 Å². The summed E-state index contributed by atoms with van der Waals surface area (Å²) in [6, 6.07) is 0. The van der Waals surface area contributed by atoms with E-state index in [1.54, 1.807) is 20.8 Å². The molecule has 0 amide bonds. The summed E-state index contributed by atoms with van der Waals surface area (Å²) in [5.74, 6) is -1.68. The van der Waals surface area contributed by atoms with Crippen molar-refractivity contribution in [3.8, 4) is 0 Å². The summed E-state index contributed by atoms with van der Waals surface area (Å²) in [6.07, 6.45) is 1.40. The fourth-order valence-electron chi connectivity index (χ4n) is 1.52. The molecule has 1 heterocycles. The van der Waals surface area contributed by atoms with Crippen molar-refractivity contribution in [2.75, 3.05) is 0 Å². The molecule has 16 heavy (non-hydrogen) atoms. The van der Waals surface area contributed by atoms with Crippen molar-refractivity contribution in [1.82, 2.24) is 0 Å². The Balaban J connectivity index is 3.29. The average molecular weight is 248 g/mol. The summed E-state index contributed by atoms with van der Waals surface area (Å²) in [4.78, 5) is 9.79. The molecule has 0 radical (unpaired) electrons. The zero-order valence-corrected chi connectivity index (χ0v) is 11.6. The van der Waals surface area contributed by atoms with Crippen LogP contribution in [0.1, 0.15) is 41.5 Å². The Kier molecular flexibility index (Phi) is 2.98. The molecule has 2 atom stereocenters. The largest absolute Gasteiger partial charge is 0.361 e. The summed E-state index contributed by atoms with van der Waals surface area (Å²) in [5, 5.41) is 10.5. The first-order chi connectivity index (χ1) is 6.80.